The van der Waals surface area contributed by atoms with Crippen molar-refractivity contribution in [3.63, 3.8) is 0 Å². The number of amides is 1. The molecule has 1 saturated carbocycles. The highest BCUT2D eigenvalue weighted by molar-refractivity contribution is 7.91. The van der Waals surface area contributed by atoms with Crippen LogP contribution in [0.3, 0.4) is 0 Å². The highest BCUT2D eigenvalue weighted by Crippen LogP contribution is 2.55. The molecule has 1 heterocycles. The van der Waals surface area contributed by atoms with Crippen LogP contribution in [0.5, 0.6) is 0 Å². The van der Waals surface area contributed by atoms with Crippen LogP contribution in [-0.2, 0) is 14.6 Å². The Labute approximate surface area is 119 Å². The minimum absolute atomic E-state index is 0.0330. The van der Waals surface area contributed by atoms with Crippen molar-refractivity contribution in [1.82, 2.24) is 5.32 Å². The molecule has 1 aromatic rings. The van der Waals surface area contributed by atoms with E-state index in [0.29, 0.717) is 12.8 Å². The lowest BCUT2D eigenvalue weighted by atomic mass is 9.75. The number of hydrogen-bond acceptors (Lipinski definition) is 3. The molecule has 3 rings (SSSR count). The first kappa shape index (κ1) is 13.6. The van der Waals surface area contributed by atoms with E-state index in [-0.39, 0.29) is 11.9 Å². The van der Waals surface area contributed by atoms with E-state index < -0.39 is 20.5 Å². The fourth-order valence-electron chi connectivity index (χ4n) is 4.06. The summed E-state index contributed by atoms with van der Waals surface area (Å²) in [6.07, 6.45) is 3.95. The van der Waals surface area contributed by atoms with Gasteiger partial charge < -0.3 is 5.32 Å². The minimum atomic E-state index is -3.15. The van der Waals surface area contributed by atoms with Crippen molar-refractivity contribution in [2.24, 2.45) is 5.41 Å². The van der Waals surface area contributed by atoms with Crippen LogP contribution in [0.25, 0.3) is 0 Å². The summed E-state index contributed by atoms with van der Waals surface area (Å²) in [5.41, 5.74) is 0.542. The van der Waals surface area contributed by atoms with Gasteiger partial charge in [-0.05, 0) is 18.4 Å². The molecule has 0 radical (unpaired) electrons. The minimum Gasteiger partial charge on any atom is -0.349 e. The van der Waals surface area contributed by atoms with E-state index in [1.165, 1.54) is 6.26 Å². The van der Waals surface area contributed by atoms with Crippen molar-refractivity contribution in [2.75, 3.05) is 6.26 Å². The fraction of sp³-hybridized carbons (Fsp3) is 0.533. The maximum absolute atomic E-state index is 12.1. The predicted octanol–water partition coefficient (Wildman–Crippen LogP) is 1.83. The second kappa shape index (κ2) is 4.58. The van der Waals surface area contributed by atoms with E-state index in [4.69, 9.17) is 0 Å². The molecular formula is C15H19NO3S. The highest BCUT2D eigenvalue weighted by Gasteiger charge is 2.57. The first-order chi connectivity index (χ1) is 9.43. The normalized spacial score (nSPS) is 33.5. The summed E-state index contributed by atoms with van der Waals surface area (Å²) in [6, 6.07) is 9.54. The first-order valence-electron chi connectivity index (χ1n) is 6.97. The molecule has 1 aromatic carbocycles. The SMILES string of the molecule is CS(=O)(=O)C1CCCC12CC(=O)NC2c1ccccc1. The molecule has 1 aliphatic carbocycles. The van der Waals surface area contributed by atoms with E-state index in [9.17, 15) is 13.2 Å². The summed E-state index contributed by atoms with van der Waals surface area (Å²) in [5, 5.41) is 2.58. The predicted molar refractivity (Wildman–Crippen MR) is 76.9 cm³/mol. The Kier molecular flexibility index (Phi) is 3.12. The Morgan fingerprint density at radius 1 is 1.25 bits per heavy atom. The zero-order valence-electron chi connectivity index (χ0n) is 11.5. The van der Waals surface area contributed by atoms with Crippen molar-refractivity contribution in [1.29, 1.82) is 0 Å². The molecule has 0 aromatic heterocycles. The lowest BCUT2D eigenvalue weighted by Crippen LogP contribution is -2.40. The van der Waals surface area contributed by atoms with Gasteiger partial charge in [0.1, 0.15) is 0 Å². The number of hydrogen-bond donors (Lipinski definition) is 1. The molecule has 20 heavy (non-hydrogen) atoms. The fourth-order valence-corrected chi connectivity index (χ4v) is 5.84. The van der Waals surface area contributed by atoms with Gasteiger partial charge >= 0.3 is 0 Å². The lowest BCUT2D eigenvalue weighted by molar-refractivity contribution is -0.119. The lowest BCUT2D eigenvalue weighted by Gasteiger charge is -2.35. The third-order valence-corrected chi connectivity index (χ3v) is 6.51. The first-order valence-corrected chi connectivity index (χ1v) is 8.92. The molecular weight excluding hydrogens is 274 g/mol. The maximum atomic E-state index is 12.1. The van der Waals surface area contributed by atoms with Crippen LogP contribution in [0.15, 0.2) is 30.3 Å². The molecule has 3 atom stereocenters. The van der Waals surface area contributed by atoms with Crippen LogP contribution in [-0.4, -0.2) is 25.8 Å². The second-order valence-electron chi connectivity index (χ2n) is 6.03. The van der Waals surface area contributed by atoms with Crippen LogP contribution in [0.1, 0.15) is 37.3 Å². The summed E-state index contributed by atoms with van der Waals surface area (Å²) in [4.78, 5) is 12.0. The van der Waals surface area contributed by atoms with E-state index in [2.05, 4.69) is 5.32 Å². The van der Waals surface area contributed by atoms with Crippen molar-refractivity contribution in [3.05, 3.63) is 35.9 Å². The van der Waals surface area contributed by atoms with Crippen LogP contribution in [0.2, 0.25) is 0 Å². The monoisotopic (exact) mass is 293 g/mol. The molecule has 3 unspecified atom stereocenters. The molecule has 1 N–H and O–H groups in total. The van der Waals surface area contributed by atoms with Gasteiger partial charge in [-0.15, -0.1) is 0 Å². The number of carbonyl (C=O) groups excluding carboxylic acids is 1. The van der Waals surface area contributed by atoms with E-state index in [1.54, 1.807) is 0 Å². The number of sulfone groups is 1. The molecule has 0 bridgehead atoms. The topological polar surface area (TPSA) is 63.2 Å². The van der Waals surface area contributed by atoms with Gasteiger partial charge in [0.05, 0.1) is 11.3 Å². The van der Waals surface area contributed by atoms with Crippen LogP contribution >= 0.6 is 0 Å². The zero-order valence-corrected chi connectivity index (χ0v) is 12.3. The second-order valence-corrected chi connectivity index (χ2v) is 8.26. The third-order valence-electron chi connectivity index (χ3n) is 4.77. The van der Waals surface area contributed by atoms with Gasteiger partial charge in [-0.2, -0.15) is 0 Å². The standard InChI is InChI=1S/C15H19NO3S/c1-20(18,19)12-8-5-9-15(12)10-13(17)16-14(15)11-6-3-2-4-7-11/h2-4,6-7,12,14H,5,8-10H2,1H3,(H,16,17). The molecule has 1 spiro atoms. The van der Waals surface area contributed by atoms with Crippen LogP contribution < -0.4 is 5.32 Å². The van der Waals surface area contributed by atoms with E-state index in [1.807, 2.05) is 30.3 Å². The summed E-state index contributed by atoms with van der Waals surface area (Å²) in [7, 11) is -3.15. The molecule has 1 amide bonds. The quantitative estimate of drug-likeness (QED) is 0.905. The Bertz CT molecular complexity index is 626. The molecule has 5 heteroatoms. The van der Waals surface area contributed by atoms with Gasteiger partial charge in [0, 0.05) is 18.1 Å². The highest BCUT2D eigenvalue weighted by atomic mass is 32.2. The molecule has 108 valence electrons. The largest absolute Gasteiger partial charge is 0.349 e. The summed E-state index contributed by atoms with van der Waals surface area (Å²) < 4.78 is 24.3. The molecule has 4 nitrogen and oxygen atoms in total. The molecule has 1 aliphatic heterocycles. The smallest absolute Gasteiger partial charge is 0.221 e. The van der Waals surface area contributed by atoms with Crippen molar-refractivity contribution in [2.45, 2.75) is 37.0 Å². The molecule has 2 aliphatic rings. The number of nitrogens with one attached hydrogen (secondary N) is 1. The Balaban J connectivity index is 2.08. The maximum Gasteiger partial charge on any atom is 0.221 e. The van der Waals surface area contributed by atoms with Crippen LogP contribution in [0.4, 0.5) is 0 Å². The Morgan fingerprint density at radius 3 is 2.60 bits per heavy atom. The van der Waals surface area contributed by atoms with Gasteiger partial charge in [-0.25, -0.2) is 8.42 Å². The molecule has 2 fully saturated rings. The third kappa shape index (κ3) is 2.04. The van der Waals surface area contributed by atoms with Gasteiger partial charge in [-0.1, -0.05) is 36.8 Å². The Morgan fingerprint density at radius 2 is 1.95 bits per heavy atom. The average molecular weight is 293 g/mol. The van der Waals surface area contributed by atoms with E-state index >= 15 is 0 Å². The van der Waals surface area contributed by atoms with Gasteiger partial charge in [-0.3, -0.25) is 4.79 Å². The summed E-state index contributed by atoms with van der Waals surface area (Å²) in [6.45, 7) is 0. The average Bonchev–Trinajstić information content (AvgIpc) is 2.95. The van der Waals surface area contributed by atoms with Gasteiger partial charge in [0.25, 0.3) is 0 Å². The summed E-state index contributed by atoms with van der Waals surface area (Å²) in [5.74, 6) is -0.0330. The number of rotatable bonds is 2. The Hall–Kier alpha value is -1.36. The molecule has 1 saturated heterocycles. The number of carbonyl (C=O) groups is 1. The van der Waals surface area contributed by atoms with Crippen molar-refractivity contribution in [3.8, 4) is 0 Å². The summed E-state index contributed by atoms with van der Waals surface area (Å²) >= 11 is 0. The van der Waals surface area contributed by atoms with Crippen molar-refractivity contribution >= 4 is 15.7 Å². The number of benzene rings is 1. The van der Waals surface area contributed by atoms with Gasteiger partial charge in [0.15, 0.2) is 9.84 Å². The van der Waals surface area contributed by atoms with Gasteiger partial charge in [0.2, 0.25) is 5.91 Å². The van der Waals surface area contributed by atoms with Crippen molar-refractivity contribution < 1.29 is 13.2 Å². The van der Waals surface area contributed by atoms with E-state index in [0.717, 1.165) is 18.4 Å². The van der Waals surface area contributed by atoms with Crippen LogP contribution in [0, 0.1) is 5.41 Å². The zero-order chi connectivity index (χ0) is 14.4.